The molecule has 3 amide bonds. The lowest BCUT2D eigenvalue weighted by Gasteiger charge is -2.22. The fourth-order valence-electron chi connectivity index (χ4n) is 2.83. The van der Waals surface area contributed by atoms with Gasteiger partial charge in [-0.25, -0.2) is 4.79 Å². The number of nitrogens with one attached hydrogen (secondary N) is 1. The van der Waals surface area contributed by atoms with E-state index in [1.165, 1.54) is 4.90 Å². The molecule has 0 spiro atoms. The maximum absolute atomic E-state index is 12.6. The molecule has 1 saturated heterocycles. The zero-order valence-electron chi connectivity index (χ0n) is 13.3. The average Bonchev–Trinajstić information content (AvgIpc) is 3.05. The van der Waals surface area contributed by atoms with Gasteiger partial charge in [0, 0.05) is 13.0 Å². The van der Waals surface area contributed by atoms with Crippen molar-refractivity contribution in [1.82, 2.24) is 10.2 Å². The molecule has 2 aliphatic rings. The molecule has 0 bridgehead atoms. The van der Waals surface area contributed by atoms with Gasteiger partial charge in [0.1, 0.15) is 5.54 Å². The highest BCUT2D eigenvalue weighted by Gasteiger charge is 2.47. The minimum Gasteiger partial charge on any atom is -0.454 e. The lowest BCUT2D eigenvalue weighted by Crippen LogP contribution is -2.46. The highest BCUT2D eigenvalue weighted by molar-refractivity contribution is 6.06. The highest BCUT2D eigenvalue weighted by Crippen LogP contribution is 2.34. The second-order valence-corrected chi connectivity index (χ2v) is 5.78. The van der Waals surface area contributed by atoms with Crippen LogP contribution in [0.1, 0.15) is 19.4 Å². The first-order chi connectivity index (χ1) is 11.0. The molecule has 0 unspecified atom stereocenters. The molecule has 7 heteroatoms. The molecule has 0 aromatic heterocycles. The molecule has 7 nitrogen and oxygen atoms in total. The average molecular weight is 320 g/mol. The van der Waals surface area contributed by atoms with Gasteiger partial charge < -0.3 is 19.5 Å². The highest BCUT2D eigenvalue weighted by atomic mass is 16.7. The molecule has 0 aliphatic carbocycles. The fourth-order valence-corrected chi connectivity index (χ4v) is 2.83. The largest absolute Gasteiger partial charge is 0.454 e. The second kappa shape index (κ2) is 6.08. The van der Waals surface area contributed by atoms with Crippen LogP contribution >= 0.6 is 0 Å². The summed E-state index contributed by atoms with van der Waals surface area (Å²) in [6, 6.07) is 5.16. The van der Waals surface area contributed by atoms with E-state index < -0.39 is 5.54 Å². The maximum Gasteiger partial charge on any atom is 0.325 e. The van der Waals surface area contributed by atoms with E-state index in [1.54, 1.807) is 6.92 Å². The smallest absolute Gasteiger partial charge is 0.325 e. The number of urea groups is 1. The normalized spacial score (nSPS) is 22.6. The Labute approximate surface area is 134 Å². The third-order valence-electron chi connectivity index (χ3n) is 4.00. The molecule has 0 radical (unpaired) electrons. The van der Waals surface area contributed by atoms with E-state index in [-0.39, 0.29) is 25.3 Å². The van der Waals surface area contributed by atoms with Crippen LogP contribution in [0, 0.1) is 0 Å². The third kappa shape index (κ3) is 2.96. The standard InChI is InChI=1S/C16H20N2O5/c1-3-21-7-6-18-14(19)16(2,17-15(18)20)9-11-4-5-12-13(8-11)23-10-22-12/h4-5,8H,3,6-7,9-10H2,1-2H3,(H,17,20)/t16-/m0/s1. The topological polar surface area (TPSA) is 77.1 Å². The molecule has 0 saturated carbocycles. The van der Waals surface area contributed by atoms with Crippen molar-refractivity contribution >= 4 is 11.9 Å². The number of hydrogen-bond acceptors (Lipinski definition) is 5. The van der Waals surface area contributed by atoms with Gasteiger partial charge in [-0.2, -0.15) is 0 Å². The number of fused-ring (bicyclic) bond motifs is 1. The summed E-state index contributed by atoms with van der Waals surface area (Å²) in [5.41, 5.74) is -0.0613. The molecule has 3 rings (SSSR count). The first-order valence-electron chi connectivity index (χ1n) is 7.64. The van der Waals surface area contributed by atoms with E-state index in [0.29, 0.717) is 31.1 Å². The summed E-state index contributed by atoms with van der Waals surface area (Å²) in [6.07, 6.45) is 0.388. The van der Waals surface area contributed by atoms with E-state index in [2.05, 4.69) is 5.32 Å². The Balaban J connectivity index is 1.71. The lowest BCUT2D eigenvalue weighted by atomic mass is 9.92. The molecule has 1 N–H and O–H groups in total. The monoisotopic (exact) mass is 320 g/mol. The van der Waals surface area contributed by atoms with Crippen molar-refractivity contribution in [3.05, 3.63) is 23.8 Å². The SMILES string of the molecule is CCOCCN1C(=O)N[C@@](C)(Cc2ccc3c(c2)OCO3)C1=O. The quantitative estimate of drug-likeness (QED) is 0.631. The molecule has 2 aliphatic heterocycles. The van der Waals surface area contributed by atoms with Gasteiger partial charge in [0.05, 0.1) is 13.2 Å². The Hall–Kier alpha value is -2.28. The van der Waals surface area contributed by atoms with Gasteiger partial charge in [-0.05, 0) is 31.5 Å². The van der Waals surface area contributed by atoms with Crippen LogP contribution in [0.25, 0.3) is 0 Å². The van der Waals surface area contributed by atoms with Crippen molar-refractivity contribution in [2.24, 2.45) is 0 Å². The number of amides is 3. The first kappa shape index (κ1) is 15.6. The number of rotatable bonds is 6. The van der Waals surface area contributed by atoms with Gasteiger partial charge in [0.15, 0.2) is 11.5 Å². The van der Waals surface area contributed by atoms with Crippen LogP contribution in [0.2, 0.25) is 0 Å². The molecular weight excluding hydrogens is 300 g/mol. The predicted molar refractivity (Wildman–Crippen MR) is 81.4 cm³/mol. The van der Waals surface area contributed by atoms with Crippen molar-refractivity contribution in [3.63, 3.8) is 0 Å². The molecule has 1 fully saturated rings. The van der Waals surface area contributed by atoms with Crippen LogP contribution in [-0.4, -0.2) is 48.9 Å². The van der Waals surface area contributed by atoms with E-state index >= 15 is 0 Å². The Bertz CT molecular complexity index is 633. The van der Waals surface area contributed by atoms with Gasteiger partial charge in [-0.3, -0.25) is 9.69 Å². The molecule has 2 heterocycles. The number of ether oxygens (including phenoxy) is 3. The summed E-state index contributed by atoms with van der Waals surface area (Å²) in [7, 11) is 0. The van der Waals surface area contributed by atoms with Crippen LogP contribution < -0.4 is 14.8 Å². The summed E-state index contributed by atoms with van der Waals surface area (Å²) < 4.78 is 15.9. The Morgan fingerprint density at radius 2 is 2.09 bits per heavy atom. The number of imide groups is 1. The zero-order chi connectivity index (χ0) is 16.4. The Kier molecular flexibility index (Phi) is 4.12. The number of carbonyl (C=O) groups excluding carboxylic acids is 2. The fraction of sp³-hybridized carbons (Fsp3) is 0.500. The van der Waals surface area contributed by atoms with Crippen LogP contribution in [0.3, 0.4) is 0 Å². The second-order valence-electron chi connectivity index (χ2n) is 5.78. The minimum absolute atomic E-state index is 0.205. The molecule has 1 aromatic carbocycles. The summed E-state index contributed by atoms with van der Waals surface area (Å²) in [6.45, 7) is 4.97. The van der Waals surface area contributed by atoms with Gasteiger partial charge in [0.2, 0.25) is 6.79 Å². The van der Waals surface area contributed by atoms with E-state index in [4.69, 9.17) is 14.2 Å². The summed E-state index contributed by atoms with van der Waals surface area (Å²) in [4.78, 5) is 25.9. The first-order valence-corrected chi connectivity index (χ1v) is 7.64. The van der Waals surface area contributed by atoms with Gasteiger partial charge in [-0.1, -0.05) is 6.07 Å². The molecule has 124 valence electrons. The van der Waals surface area contributed by atoms with Crippen molar-refractivity contribution in [1.29, 1.82) is 0 Å². The lowest BCUT2D eigenvalue weighted by molar-refractivity contribution is -0.131. The van der Waals surface area contributed by atoms with Crippen molar-refractivity contribution < 1.29 is 23.8 Å². The minimum atomic E-state index is -0.961. The van der Waals surface area contributed by atoms with Crippen LogP contribution in [0.5, 0.6) is 11.5 Å². The van der Waals surface area contributed by atoms with Crippen molar-refractivity contribution in [3.8, 4) is 11.5 Å². The number of hydrogen-bond donors (Lipinski definition) is 1. The van der Waals surface area contributed by atoms with Crippen LogP contribution in [0.15, 0.2) is 18.2 Å². The van der Waals surface area contributed by atoms with E-state index in [1.807, 2.05) is 25.1 Å². The molecule has 1 atom stereocenters. The summed E-state index contributed by atoms with van der Waals surface area (Å²) >= 11 is 0. The third-order valence-corrected chi connectivity index (χ3v) is 4.00. The molecular formula is C16H20N2O5. The van der Waals surface area contributed by atoms with Gasteiger partial charge in [-0.15, -0.1) is 0 Å². The van der Waals surface area contributed by atoms with Gasteiger partial charge >= 0.3 is 6.03 Å². The molecule has 1 aromatic rings. The maximum atomic E-state index is 12.6. The van der Waals surface area contributed by atoms with E-state index in [0.717, 1.165) is 5.56 Å². The number of carbonyl (C=O) groups is 2. The Morgan fingerprint density at radius 1 is 1.30 bits per heavy atom. The number of nitrogens with zero attached hydrogens (tertiary/aromatic N) is 1. The summed E-state index contributed by atoms with van der Waals surface area (Å²) in [5.74, 6) is 1.12. The van der Waals surface area contributed by atoms with Crippen molar-refractivity contribution in [2.75, 3.05) is 26.6 Å². The van der Waals surface area contributed by atoms with Crippen LogP contribution in [0.4, 0.5) is 4.79 Å². The predicted octanol–water partition coefficient (Wildman–Crippen LogP) is 1.30. The Morgan fingerprint density at radius 3 is 2.87 bits per heavy atom. The van der Waals surface area contributed by atoms with E-state index in [9.17, 15) is 9.59 Å². The zero-order valence-corrected chi connectivity index (χ0v) is 13.3. The van der Waals surface area contributed by atoms with Crippen molar-refractivity contribution in [2.45, 2.75) is 25.8 Å². The summed E-state index contributed by atoms with van der Waals surface area (Å²) in [5, 5.41) is 2.78. The molecule has 23 heavy (non-hydrogen) atoms. The van der Waals surface area contributed by atoms with Gasteiger partial charge in [0.25, 0.3) is 5.91 Å². The number of benzene rings is 1. The van der Waals surface area contributed by atoms with Crippen LogP contribution in [-0.2, 0) is 16.0 Å².